The number of benzene rings is 1. The molecule has 2 rings (SSSR count). The molecular weight excluding hydrogens is 257 g/mol. The lowest BCUT2D eigenvalue weighted by molar-refractivity contribution is 0.341. The van der Waals surface area contributed by atoms with Crippen molar-refractivity contribution in [1.82, 2.24) is 9.97 Å². The number of rotatable bonds is 5. The summed E-state index contributed by atoms with van der Waals surface area (Å²) in [5.41, 5.74) is 1.08. The maximum absolute atomic E-state index is 13.9. The van der Waals surface area contributed by atoms with E-state index in [0.29, 0.717) is 30.4 Å². The number of aryl methyl sites for hydroxylation is 1. The van der Waals surface area contributed by atoms with Crippen molar-refractivity contribution in [3.8, 4) is 17.1 Å². The molecule has 0 unspecified atom stereocenters. The first-order valence-corrected chi connectivity index (χ1v) is 6.67. The Labute approximate surface area is 118 Å². The molecule has 0 radical (unpaired) electrons. The molecule has 1 N–H and O–H groups in total. The van der Waals surface area contributed by atoms with Crippen molar-refractivity contribution in [2.24, 2.45) is 0 Å². The minimum Gasteiger partial charge on any atom is -0.493 e. The van der Waals surface area contributed by atoms with Gasteiger partial charge in [-0.3, -0.25) is 0 Å². The van der Waals surface area contributed by atoms with E-state index < -0.39 is 5.82 Å². The van der Waals surface area contributed by atoms with Crippen LogP contribution in [0.4, 0.5) is 10.2 Å². The Bertz CT molecular complexity index is 602. The molecule has 1 aromatic heterocycles. The van der Waals surface area contributed by atoms with E-state index in [0.717, 1.165) is 5.56 Å². The highest BCUT2D eigenvalue weighted by Gasteiger charge is 2.14. The van der Waals surface area contributed by atoms with Gasteiger partial charge < -0.3 is 10.1 Å². The Morgan fingerprint density at radius 3 is 2.65 bits per heavy atom. The predicted molar refractivity (Wildman–Crippen MR) is 77.5 cm³/mol. The summed E-state index contributed by atoms with van der Waals surface area (Å²) >= 11 is 0. The first-order chi connectivity index (χ1) is 9.67. The summed E-state index contributed by atoms with van der Waals surface area (Å²) in [6, 6.07) is 7.49. The molecular formula is C15H18FN3O. The van der Waals surface area contributed by atoms with E-state index in [4.69, 9.17) is 4.74 Å². The van der Waals surface area contributed by atoms with Crippen LogP contribution in [0.2, 0.25) is 0 Å². The van der Waals surface area contributed by atoms with Gasteiger partial charge in [0.25, 0.3) is 0 Å². The van der Waals surface area contributed by atoms with Crippen molar-refractivity contribution < 1.29 is 9.13 Å². The van der Waals surface area contributed by atoms with Crippen LogP contribution in [0.25, 0.3) is 11.4 Å². The SMILES string of the molecule is CCNc1nc(-c2ccccc2OCC)nc(C)c1F. The highest BCUT2D eigenvalue weighted by Crippen LogP contribution is 2.29. The fraction of sp³-hybridized carbons (Fsp3) is 0.333. The van der Waals surface area contributed by atoms with Crippen LogP contribution in [-0.4, -0.2) is 23.1 Å². The van der Waals surface area contributed by atoms with Crippen molar-refractivity contribution in [3.05, 3.63) is 35.8 Å². The van der Waals surface area contributed by atoms with Gasteiger partial charge in [0.05, 0.1) is 17.9 Å². The molecule has 5 heteroatoms. The van der Waals surface area contributed by atoms with E-state index >= 15 is 0 Å². The lowest BCUT2D eigenvalue weighted by Crippen LogP contribution is -2.07. The van der Waals surface area contributed by atoms with Gasteiger partial charge in [-0.1, -0.05) is 12.1 Å². The van der Waals surface area contributed by atoms with Crippen LogP contribution in [0.1, 0.15) is 19.5 Å². The summed E-state index contributed by atoms with van der Waals surface area (Å²) in [5.74, 6) is 0.971. The molecule has 1 aromatic carbocycles. The Kier molecular flexibility index (Phi) is 4.50. The second-order valence-electron chi connectivity index (χ2n) is 4.25. The first-order valence-electron chi connectivity index (χ1n) is 6.67. The third kappa shape index (κ3) is 2.87. The Morgan fingerprint density at radius 1 is 1.20 bits per heavy atom. The summed E-state index contributed by atoms with van der Waals surface area (Å²) < 4.78 is 19.5. The predicted octanol–water partition coefficient (Wildman–Crippen LogP) is 3.42. The van der Waals surface area contributed by atoms with Gasteiger partial charge >= 0.3 is 0 Å². The lowest BCUT2D eigenvalue weighted by atomic mass is 10.2. The highest BCUT2D eigenvalue weighted by atomic mass is 19.1. The van der Waals surface area contributed by atoms with Crippen LogP contribution >= 0.6 is 0 Å². The van der Waals surface area contributed by atoms with Gasteiger partial charge in [0, 0.05) is 6.54 Å². The van der Waals surface area contributed by atoms with Gasteiger partial charge in [-0.05, 0) is 32.9 Å². The Balaban J connectivity index is 2.52. The number of anilines is 1. The Morgan fingerprint density at radius 2 is 1.95 bits per heavy atom. The van der Waals surface area contributed by atoms with Crippen molar-refractivity contribution in [2.45, 2.75) is 20.8 Å². The van der Waals surface area contributed by atoms with E-state index in [1.165, 1.54) is 0 Å². The maximum atomic E-state index is 13.9. The van der Waals surface area contributed by atoms with Gasteiger partial charge in [0.15, 0.2) is 17.5 Å². The summed E-state index contributed by atoms with van der Waals surface area (Å²) in [7, 11) is 0. The van der Waals surface area contributed by atoms with Crippen molar-refractivity contribution in [2.75, 3.05) is 18.5 Å². The average molecular weight is 275 g/mol. The van der Waals surface area contributed by atoms with Crippen LogP contribution in [0.15, 0.2) is 24.3 Å². The van der Waals surface area contributed by atoms with Crippen molar-refractivity contribution >= 4 is 5.82 Å². The summed E-state index contributed by atoms with van der Waals surface area (Å²) in [6.45, 7) is 6.59. The fourth-order valence-corrected chi connectivity index (χ4v) is 1.90. The number of nitrogens with zero attached hydrogens (tertiary/aromatic N) is 2. The average Bonchev–Trinajstić information content (AvgIpc) is 2.45. The molecule has 0 amide bonds. The zero-order valence-corrected chi connectivity index (χ0v) is 11.9. The van der Waals surface area contributed by atoms with Gasteiger partial charge in [0.2, 0.25) is 0 Å². The maximum Gasteiger partial charge on any atom is 0.186 e. The number of hydrogen-bond donors (Lipinski definition) is 1. The quantitative estimate of drug-likeness (QED) is 0.908. The third-order valence-corrected chi connectivity index (χ3v) is 2.79. The number of hydrogen-bond acceptors (Lipinski definition) is 4. The van der Waals surface area contributed by atoms with E-state index in [1.54, 1.807) is 6.92 Å². The van der Waals surface area contributed by atoms with Crippen LogP contribution in [-0.2, 0) is 0 Å². The fourth-order valence-electron chi connectivity index (χ4n) is 1.90. The van der Waals surface area contributed by atoms with Crippen LogP contribution in [0, 0.1) is 12.7 Å². The van der Waals surface area contributed by atoms with Gasteiger partial charge in [0.1, 0.15) is 5.75 Å². The molecule has 20 heavy (non-hydrogen) atoms. The van der Waals surface area contributed by atoms with Gasteiger partial charge in [-0.25, -0.2) is 14.4 Å². The molecule has 106 valence electrons. The molecule has 0 spiro atoms. The minimum atomic E-state index is -0.413. The number of aromatic nitrogens is 2. The molecule has 0 saturated carbocycles. The normalized spacial score (nSPS) is 10.4. The van der Waals surface area contributed by atoms with Crippen LogP contribution in [0.5, 0.6) is 5.75 Å². The zero-order valence-electron chi connectivity index (χ0n) is 11.9. The largest absolute Gasteiger partial charge is 0.493 e. The number of para-hydroxylation sites is 1. The van der Waals surface area contributed by atoms with E-state index in [1.807, 2.05) is 38.1 Å². The van der Waals surface area contributed by atoms with Crippen molar-refractivity contribution in [3.63, 3.8) is 0 Å². The number of halogens is 1. The monoisotopic (exact) mass is 275 g/mol. The molecule has 0 aliphatic carbocycles. The highest BCUT2D eigenvalue weighted by molar-refractivity contribution is 5.65. The van der Waals surface area contributed by atoms with E-state index in [2.05, 4.69) is 15.3 Å². The number of nitrogens with one attached hydrogen (secondary N) is 1. The van der Waals surface area contributed by atoms with Gasteiger partial charge in [-0.15, -0.1) is 0 Å². The second-order valence-corrected chi connectivity index (χ2v) is 4.25. The summed E-state index contributed by atoms with van der Waals surface area (Å²) in [5, 5.41) is 2.91. The number of ether oxygens (including phenoxy) is 1. The molecule has 0 bridgehead atoms. The molecule has 0 aliphatic rings. The molecule has 0 saturated heterocycles. The summed E-state index contributed by atoms with van der Waals surface area (Å²) in [6.07, 6.45) is 0. The molecule has 4 nitrogen and oxygen atoms in total. The third-order valence-electron chi connectivity index (χ3n) is 2.79. The molecule has 1 heterocycles. The standard InChI is InChI=1S/C15H18FN3O/c1-4-17-15-13(16)10(3)18-14(19-15)11-8-6-7-9-12(11)20-5-2/h6-9H,4-5H2,1-3H3,(H,17,18,19). The summed E-state index contributed by atoms with van der Waals surface area (Å²) in [4.78, 5) is 8.48. The Hall–Kier alpha value is -2.17. The smallest absolute Gasteiger partial charge is 0.186 e. The second kappa shape index (κ2) is 6.32. The minimum absolute atomic E-state index is 0.223. The zero-order chi connectivity index (χ0) is 14.5. The molecule has 0 aliphatic heterocycles. The first kappa shape index (κ1) is 14.2. The molecule has 0 fully saturated rings. The van der Waals surface area contributed by atoms with Crippen LogP contribution < -0.4 is 10.1 Å². The molecule has 2 aromatic rings. The van der Waals surface area contributed by atoms with Crippen molar-refractivity contribution in [1.29, 1.82) is 0 Å². The lowest BCUT2D eigenvalue weighted by Gasteiger charge is -2.12. The van der Waals surface area contributed by atoms with E-state index in [9.17, 15) is 4.39 Å². The van der Waals surface area contributed by atoms with E-state index in [-0.39, 0.29) is 5.82 Å². The van der Waals surface area contributed by atoms with Crippen LogP contribution in [0.3, 0.4) is 0 Å². The van der Waals surface area contributed by atoms with Gasteiger partial charge in [-0.2, -0.15) is 0 Å². The topological polar surface area (TPSA) is 47.0 Å². The molecule has 0 atom stereocenters.